The molecule has 0 radical (unpaired) electrons. The number of anilines is 1. The average Bonchev–Trinajstić information content (AvgIpc) is 2.38. The molecule has 2 aromatic carbocycles. The number of rotatable bonds is 3. The molecule has 0 aliphatic rings. The van der Waals surface area contributed by atoms with E-state index in [2.05, 4.69) is 4.72 Å². The van der Waals surface area contributed by atoms with E-state index >= 15 is 0 Å². The van der Waals surface area contributed by atoms with Crippen LogP contribution >= 0.6 is 11.6 Å². The monoisotopic (exact) mass is 310 g/mol. The second-order valence-corrected chi connectivity index (χ2v) is 5.96. The molecule has 0 saturated heterocycles. The minimum absolute atomic E-state index is 0.0712. The van der Waals surface area contributed by atoms with E-state index in [1.165, 1.54) is 36.4 Å². The summed E-state index contributed by atoms with van der Waals surface area (Å²) in [5.41, 5.74) is -0.481. The van der Waals surface area contributed by atoms with Crippen LogP contribution in [0.3, 0.4) is 0 Å². The number of nitrogens with zero attached hydrogens (tertiary/aromatic N) is 1. The van der Waals surface area contributed by atoms with E-state index in [0.717, 1.165) is 6.07 Å². The number of nitrogens with one attached hydrogen (secondary N) is 1. The van der Waals surface area contributed by atoms with Crippen LogP contribution < -0.4 is 4.72 Å². The largest absolute Gasteiger partial charge is 0.278 e. The SMILES string of the molecule is N#Cc1c(F)cccc1NS(=O)(=O)c1cccc(Cl)c1. The Labute approximate surface area is 120 Å². The summed E-state index contributed by atoms with van der Waals surface area (Å²) < 4.78 is 39.9. The Morgan fingerprint density at radius 2 is 1.90 bits per heavy atom. The van der Waals surface area contributed by atoms with Crippen LogP contribution in [0.5, 0.6) is 0 Å². The van der Waals surface area contributed by atoms with E-state index in [1.54, 1.807) is 6.07 Å². The standard InChI is InChI=1S/C13H8ClFN2O2S/c14-9-3-1-4-10(7-9)20(18,19)17-13-6-2-5-12(15)11(13)8-16/h1-7,17H. The highest BCUT2D eigenvalue weighted by molar-refractivity contribution is 7.92. The van der Waals surface area contributed by atoms with Gasteiger partial charge >= 0.3 is 0 Å². The zero-order valence-corrected chi connectivity index (χ0v) is 11.5. The van der Waals surface area contributed by atoms with Gasteiger partial charge < -0.3 is 0 Å². The lowest BCUT2D eigenvalue weighted by Crippen LogP contribution is -2.14. The van der Waals surface area contributed by atoms with Crippen LogP contribution in [0.4, 0.5) is 10.1 Å². The smallest absolute Gasteiger partial charge is 0.261 e. The van der Waals surface area contributed by atoms with Gasteiger partial charge in [0.25, 0.3) is 10.0 Å². The van der Waals surface area contributed by atoms with Crippen molar-refractivity contribution in [2.75, 3.05) is 4.72 Å². The molecule has 1 N–H and O–H groups in total. The van der Waals surface area contributed by atoms with E-state index in [0.29, 0.717) is 0 Å². The molecule has 0 amide bonds. The Hall–Kier alpha value is -2.10. The van der Waals surface area contributed by atoms with Gasteiger partial charge in [-0.25, -0.2) is 12.8 Å². The van der Waals surface area contributed by atoms with Crippen molar-refractivity contribution in [1.82, 2.24) is 0 Å². The number of sulfonamides is 1. The average molecular weight is 311 g/mol. The van der Waals surface area contributed by atoms with Gasteiger partial charge in [-0.1, -0.05) is 23.7 Å². The Morgan fingerprint density at radius 1 is 1.20 bits per heavy atom. The second kappa shape index (κ2) is 5.49. The van der Waals surface area contributed by atoms with Crippen molar-refractivity contribution in [3.8, 4) is 6.07 Å². The molecular formula is C13H8ClFN2O2S. The van der Waals surface area contributed by atoms with Crippen molar-refractivity contribution in [2.45, 2.75) is 4.90 Å². The van der Waals surface area contributed by atoms with Crippen LogP contribution in [-0.4, -0.2) is 8.42 Å². The van der Waals surface area contributed by atoms with Gasteiger partial charge in [-0.15, -0.1) is 0 Å². The lowest BCUT2D eigenvalue weighted by atomic mass is 10.2. The third-order valence-corrected chi connectivity index (χ3v) is 4.07. The third-order valence-electron chi connectivity index (χ3n) is 2.48. The summed E-state index contributed by atoms with van der Waals surface area (Å²) in [6, 6.07) is 10.9. The van der Waals surface area contributed by atoms with E-state index in [4.69, 9.17) is 16.9 Å². The number of nitriles is 1. The zero-order valence-electron chi connectivity index (χ0n) is 9.97. The normalized spacial score (nSPS) is 10.8. The van der Waals surface area contributed by atoms with Crippen LogP contribution in [0.2, 0.25) is 5.02 Å². The van der Waals surface area contributed by atoms with Gasteiger partial charge in [0.15, 0.2) is 0 Å². The predicted octanol–water partition coefficient (Wildman–Crippen LogP) is 3.15. The fraction of sp³-hybridized carbons (Fsp3) is 0. The van der Waals surface area contributed by atoms with Gasteiger partial charge in [-0.05, 0) is 30.3 Å². The molecule has 20 heavy (non-hydrogen) atoms. The molecule has 0 unspecified atom stereocenters. The van der Waals surface area contributed by atoms with Crippen LogP contribution in [-0.2, 0) is 10.0 Å². The van der Waals surface area contributed by atoms with Crippen molar-refractivity contribution in [3.63, 3.8) is 0 Å². The van der Waals surface area contributed by atoms with Gasteiger partial charge in [0.2, 0.25) is 0 Å². The molecule has 0 aliphatic heterocycles. The first kappa shape index (κ1) is 14.3. The summed E-state index contributed by atoms with van der Waals surface area (Å²) in [6.07, 6.45) is 0. The van der Waals surface area contributed by atoms with Gasteiger partial charge in [0.1, 0.15) is 17.4 Å². The molecule has 0 aromatic heterocycles. The molecule has 0 spiro atoms. The van der Waals surface area contributed by atoms with Gasteiger partial charge in [0.05, 0.1) is 10.6 Å². The summed E-state index contributed by atoms with van der Waals surface area (Å²) >= 11 is 5.73. The Balaban J connectivity index is 2.45. The molecule has 0 aliphatic carbocycles. The number of halogens is 2. The Morgan fingerprint density at radius 3 is 2.55 bits per heavy atom. The van der Waals surface area contributed by atoms with Gasteiger partial charge in [-0.2, -0.15) is 5.26 Å². The minimum atomic E-state index is -3.94. The molecule has 4 nitrogen and oxygen atoms in total. The molecule has 0 atom stereocenters. The number of hydrogen-bond acceptors (Lipinski definition) is 3. The molecule has 2 rings (SSSR count). The maximum Gasteiger partial charge on any atom is 0.261 e. The van der Waals surface area contributed by atoms with Gasteiger partial charge in [0, 0.05) is 5.02 Å². The number of hydrogen-bond donors (Lipinski definition) is 1. The first-order valence-corrected chi connectivity index (χ1v) is 7.27. The minimum Gasteiger partial charge on any atom is -0.278 e. The van der Waals surface area contributed by atoms with Crippen molar-refractivity contribution in [1.29, 1.82) is 5.26 Å². The molecule has 0 saturated carbocycles. The second-order valence-electron chi connectivity index (χ2n) is 3.84. The highest BCUT2D eigenvalue weighted by Gasteiger charge is 2.17. The van der Waals surface area contributed by atoms with Gasteiger partial charge in [-0.3, -0.25) is 4.72 Å². The van der Waals surface area contributed by atoms with Crippen molar-refractivity contribution < 1.29 is 12.8 Å². The van der Waals surface area contributed by atoms with Crippen molar-refractivity contribution >= 4 is 27.3 Å². The highest BCUT2D eigenvalue weighted by Crippen LogP contribution is 2.23. The Bertz CT molecular complexity index is 800. The first-order valence-electron chi connectivity index (χ1n) is 5.41. The molecule has 0 bridgehead atoms. The number of benzene rings is 2. The van der Waals surface area contributed by atoms with E-state index in [-0.39, 0.29) is 21.2 Å². The summed E-state index contributed by atoms with van der Waals surface area (Å²) in [7, 11) is -3.94. The quantitative estimate of drug-likeness (QED) is 0.946. The van der Waals surface area contributed by atoms with E-state index in [9.17, 15) is 12.8 Å². The predicted molar refractivity (Wildman–Crippen MR) is 73.4 cm³/mol. The molecule has 2 aromatic rings. The first-order chi connectivity index (χ1) is 9.44. The lowest BCUT2D eigenvalue weighted by molar-refractivity contribution is 0.601. The Kier molecular flexibility index (Phi) is 3.93. The topological polar surface area (TPSA) is 70.0 Å². The van der Waals surface area contributed by atoms with Crippen LogP contribution in [0, 0.1) is 17.1 Å². The molecule has 7 heteroatoms. The molecular weight excluding hydrogens is 303 g/mol. The molecule has 102 valence electrons. The summed E-state index contributed by atoms with van der Waals surface area (Å²) in [5.74, 6) is -0.793. The van der Waals surface area contributed by atoms with Crippen LogP contribution in [0.25, 0.3) is 0 Å². The maximum atomic E-state index is 13.4. The van der Waals surface area contributed by atoms with Crippen molar-refractivity contribution in [2.24, 2.45) is 0 Å². The van der Waals surface area contributed by atoms with E-state index in [1.807, 2.05) is 0 Å². The molecule has 0 heterocycles. The zero-order chi connectivity index (χ0) is 14.8. The highest BCUT2D eigenvalue weighted by atomic mass is 35.5. The fourth-order valence-corrected chi connectivity index (χ4v) is 2.93. The van der Waals surface area contributed by atoms with Crippen LogP contribution in [0.15, 0.2) is 47.4 Å². The fourth-order valence-electron chi connectivity index (χ4n) is 1.56. The summed E-state index contributed by atoms with van der Waals surface area (Å²) in [6.45, 7) is 0. The summed E-state index contributed by atoms with van der Waals surface area (Å²) in [4.78, 5) is -0.0712. The summed E-state index contributed by atoms with van der Waals surface area (Å²) in [5, 5.41) is 9.12. The third kappa shape index (κ3) is 2.90. The van der Waals surface area contributed by atoms with Crippen LogP contribution in [0.1, 0.15) is 5.56 Å². The lowest BCUT2D eigenvalue weighted by Gasteiger charge is -2.10. The van der Waals surface area contributed by atoms with E-state index < -0.39 is 15.8 Å². The van der Waals surface area contributed by atoms with Crippen molar-refractivity contribution in [3.05, 3.63) is 58.9 Å². The molecule has 0 fully saturated rings. The maximum absolute atomic E-state index is 13.4.